The Morgan fingerprint density at radius 1 is 1.42 bits per heavy atom. The summed E-state index contributed by atoms with van der Waals surface area (Å²) in [4.78, 5) is 11.1. The second-order valence-electron chi connectivity index (χ2n) is 4.45. The molecular weight excluding hydrogens is 264 g/mol. The maximum atomic E-state index is 11.1. The van der Waals surface area contributed by atoms with Gasteiger partial charge in [-0.2, -0.15) is 5.10 Å². The van der Waals surface area contributed by atoms with Crippen molar-refractivity contribution in [1.29, 1.82) is 0 Å². The van der Waals surface area contributed by atoms with Gasteiger partial charge in [0.2, 0.25) is 0 Å². The molecule has 0 saturated carbocycles. The van der Waals surface area contributed by atoms with Gasteiger partial charge >= 0.3 is 5.97 Å². The lowest BCUT2D eigenvalue weighted by molar-refractivity contribution is 0.0697. The molecule has 1 N–H and O–H groups in total. The van der Waals surface area contributed by atoms with Crippen LogP contribution in [-0.4, -0.2) is 20.9 Å². The number of benzene rings is 1. The van der Waals surface area contributed by atoms with Crippen molar-refractivity contribution in [2.24, 2.45) is 7.05 Å². The largest absolute Gasteiger partial charge is 0.478 e. The first-order chi connectivity index (χ1) is 9.01. The number of nitrogens with zero attached hydrogens (tertiary/aromatic N) is 2. The molecule has 100 valence electrons. The number of carbonyl (C=O) groups is 1. The van der Waals surface area contributed by atoms with Crippen molar-refractivity contribution in [3.63, 3.8) is 0 Å². The van der Waals surface area contributed by atoms with E-state index in [1.807, 2.05) is 13.2 Å². The minimum Gasteiger partial charge on any atom is -0.478 e. The zero-order chi connectivity index (χ0) is 14.0. The second kappa shape index (κ2) is 5.45. The quantitative estimate of drug-likeness (QED) is 0.933. The molecule has 0 saturated heterocycles. The van der Waals surface area contributed by atoms with Crippen LogP contribution in [0.5, 0.6) is 0 Å². The molecule has 0 bridgehead atoms. The summed E-state index contributed by atoms with van der Waals surface area (Å²) in [6.45, 7) is 2.08. The molecule has 0 atom stereocenters. The van der Waals surface area contributed by atoms with E-state index in [1.54, 1.807) is 16.8 Å². The minimum atomic E-state index is -0.982. The number of hydrogen-bond donors (Lipinski definition) is 1. The third kappa shape index (κ3) is 2.96. The smallest absolute Gasteiger partial charge is 0.335 e. The Bertz CT molecular complexity index is 620. The van der Waals surface area contributed by atoms with Gasteiger partial charge in [0.25, 0.3) is 0 Å². The molecule has 5 heteroatoms. The minimum absolute atomic E-state index is 0.189. The van der Waals surface area contributed by atoms with E-state index < -0.39 is 5.97 Å². The van der Waals surface area contributed by atoms with Gasteiger partial charge in [0.15, 0.2) is 0 Å². The van der Waals surface area contributed by atoms with Crippen LogP contribution in [0.15, 0.2) is 24.4 Å². The molecule has 0 aliphatic rings. The van der Waals surface area contributed by atoms with Crippen LogP contribution >= 0.6 is 11.6 Å². The topological polar surface area (TPSA) is 55.1 Å². The Kier molecular flexibility index (Phi) is 3.90. The molecule has 1 aromatic heterocycles. The van der Waals surface area contributed by atoms with E-state index in [-0.39, 0.29) is 5.56 Å². The molecular formula is C14H15ClN2O2. The van der Waals surface area contributed by atoms with Crippen molar-refractivity contribution in [2.45, 2.75) is 19.8 Å². The van der Waals surface area contributed by atoms with Crippen LogP contribution in [0.3, 0.4) is 0 Å². The van der Waals surface area contributed by atoms with E-state index in [0.29, 0.717) is 5.02 Å². The number of carboxylic acid groups (broad SMARTS) is 1. The predicted octanol–water partition coefficient (Wildman–Crippen LogP) is 3.39. The molecule has 1 heterocycles. The predicted molar refractivity (Wildman–Crippen MR) is 74.6 cm³/mol. The van der Waals surface area contributed by atoms with Gasteiger partial charge in [0.1, 0.15) is 0 Å². The number of aromatic carboxylic acids is 1. The molecule has 19 heavy (non-hydrogen) atoms. The van der Waals surface area contributed by atoms with Crippen LogP contribution in [0.1, 0.15) is 29.4 Å². The van der Waals surface area contributed by atoms with Gasteiger partial charge in [-0.25, -0.2) is 4.79 Å². The highest BCUT2D eigenvalue weighted by Crippen LogP contribution is 2.28. The Hall–Kier alpha value is -1.81. The summed E-state index contributed by atoms with van der Waals surface area (Å²) in [5.41, 5.74) is 2.88. The number of carboxylic acids is 1. The van der Waals surface area contributed by atoms with Crippen LogP contribution < -0.4 is 0 Å². The van der Waals surface area contributed by atoms with Crippen molar-refractivity contribution < 1.29 is 9.90 Å². The summed E-state index contributed by atoms with van der Waals surface area (Å²) in [5.74, 6) is -0.982. The van der Waals surface area contributed by atoms with Gasteiger partial charge in [0.05, 0.1) is 11.3 Å². The molecule has 0 spiro atoms. The van der Waals surface area contributed by atoms with Gasteiger partial charge in [0, 0.05) is 23.8 Å². The van der Waals surface area contributed by atoms with E-state index in [4.69, 9.17) is 16.7 Å². The van der Waals surface area contributed by atoms with Crippen LogP contribution in [0, 0.1) is 0 Å². The molecule has 2 rings (SSSR count). The average molecular weight is 279 g/mol. The molecule has 0 amide bonds. The van der Waals surface area contributed by atoms with Gasteiger partial charge in [-0.15, -0.1) is 0 Å². The van der Waals surface area contributed by atoms with E-state index in [2.05, 4.69) is 12.0 Å². The molecule has 0 aliphatic carbocycles. The number of halogens is 1. The van der Waals surface area contributed by atoms with Crippen molar-refractivity contribution in [3.8, 4) is 11.1 Å². The fraction of sp³-hybridized carbons (Fsp3) is 0.286. The number of aryl methyl sites for hydroxylation is 2. The lowest BCUT2D eigenvalue weighted by atomic mass is 10.0. The van der Waals surface area contributed by atoms with Crippen molar-refractivity contribution in [3.05, 3.63) is 40.7 Å². The SMILES string of the molecule is CCCc1nn(C)cc1-c1cc(Cl)cc(C(=O)O)c1. The standard InChI is InChI=1S/C14H15ClN2O2/c1-3-4-13-12(8-17(2)16-13)9-5-10(14(18)19)7-11(15)6-9/h5-8H,3-4H2,1-2H3,(H,18,19). The normalized spacial score (nSPS) is 10.7. The number of aromatic nitrogens is 2. The zero-order valence-corrected chi connectivity index (χ0v) is 11.6. The molecule has 0 aliphatic heterocycles. The zero-order valence-electron chi connectivity index (χ0n) is 10.9. The summed E-state index contributed by atoms with van der Waals surface area (Å²) in [6, 6.07) is 4.85. The Labute approximate surface area is 116 Å². The maximum absolute atomic E-state index is 11.1. The fourth-order valence-electron chi connectivity index (χ4n) is 2.07. The van der Waals surface area contributed by atoms with E-state index in [1.165, 1.54) is 6.07 Å². The second-order valence-corrected chi connectivity index (χ2v) is 4.88. The van der Waals surface area contributed by atoms with Gasteiger partial charge < -0.3 is 5.11 Å². The highest BCUT2D eigenvalue weighted by atomic mass is 35.5. The fourth-order valence-corrected chi connectivity index (χ4v) is 2.30. The Morgan fingerprint density at radius 3 is 2.79 bits per heavy atom. The maximum Gasteiger partial charge on any atom is 0.335 e. The summed E-state index contributed by atoms with van der Waals surface area (Å²) >= 11 is 5.99. The molecule has 0 fully saturated rings. The number of hydrogen-bond acceptors (Lipinski definition) is 2. The Morgan fingerprint density at radius 2 is 2.16 bits per heavy atom. The van der Waals surface area contributed by atoms with Crippen LogP contribution in [0.4, 0.5) is 0 Å². The van der Waals surface area contributed by atoms with Gasteiger partial charge in [-0.3, -0.25) is 4.68 Å². The molecule has 0 unspecified atom stereocenters. The van der Waals surface area contributed by atoms with E-state index >= 15 is 0 Å². The monoisotopic (exact) mass is 278 g/mol. The first kappa shape index (κ1) is 13.6. The summed E-state index contributed by atoms with van der Waals surface area (Å²) in [5, 5.41) is 13.9. The summed E-state index contributed by atoms with van der Waals surface area (Å²) < 4.78 is 1.74. The van der Waals surface area contributed by atoms with Crippen molar-refractivity contribution >= 4 is 17.6 Å². The number of rotatable bonds is 4. The molecule has 2 aromatic rings. The lowest BCUT2D eigenvalue weighted by Crippen LogP contribution is -1.97. The van der Waals surface area contributed by atoms with Crippen molar-refractivity contribution in [1.82, 2.24) is 9.78 Å². The van der Waals surface area contributed by atoms with Crippen LogP contribution in [-0.2, 0) is 13.5 Å². The highest BCUT2D eigenvalue weighted by Gasteiger charge is 2.13. The van der Waals surface area contributed by atoms with Crippen molar-refractivity contribution in [2.75, 3.05) is 0 Å². The van der Waals surface area contributed by atoms with Crippen LogP contribution in [0.2, 0.25) is 5.02 Å². The molecule has 4 nitrogen and oxygen atoms in total. The van der Waals surface area contributed by atoms with Crippen LogP contribution in [0.25, 0.3) is 11.1 Å². The average Bonchev–Trinajstić information content (AvgIpc) is 2.70. The van der Waals surface area contributed by atoms with Gasteiger partial charge in [-0.1, -0.05) is 24.9 Å². The first-order valence-electron chi connectivity index (χ1n) is 6.08. The highest BCUT2D eigenvalue weighted by molar-refractivity contribution is 6.31. The summed E-state index contributed by atoms with van der Waals surface area (Å²) in [6.07, 6.45) is 3.73. The summed E-state index contributed by atoms with van der Waals surface area (Å²) in [7, 11) is 1.85. The Balaban J connectivity index is 2.54. The first-order valence-corrected chi connectivity index (χ1v) is 6.46. The molecule has 0 radical (unpaired) electrons. The lowest BCUT2D eigenvalue weighted by Gasteiger charge is -2.04. The molecule has 1 aromatic carbocycles. The third-order valence-corrected chi connectivity index (χ3v) is 3.07. The van der Waals surface area contributed by atoms with E-state index in [0.717, 1.165) is 29.7 Å². The van der Waals surface area contributed by atoms with Gasteiger partial charge in [-0.05, 0) is 30.2 Å². The third-order valence-electron chi connectivity index (χ3n) is 2.85. The van der Waals surface area contributed by atoms with E-state index in [9.17, 15) is 4.79 Å².